The number of benzene rings is 2. The van der Waals surface area contributed by atoms with Crippen LogP contribution in [0.15, 0.2) is 42.5 Å². The third-order valence-electron chi connectivity index (χ3n) is 3.44. The maximum Gasteiger partial charge on any atom is 0.310 e. The molecule has 0 aliphatic carbocycles. The number of carbonyl (C=O) groups is 2. The first-order valence-electron chi connectivity index (χ1n) is 7.49. The van der Waals surface area contributed by atoms with Crippen molar-refractivity contribution in [2.75, 3.05) is 6.61 Å². The van der Waals surface area contributed by atoms with Crippen LogP contribution >= 0.6 is 34.8 Å². The Hall–Kier alpha value is -1.75. The minimum absolute atomic E-state index is 0.0108. The number of esters is 1. The Morgan fingerprint density at radius 1 is 1.04 bits per heavy atom. The molecule has 2 rings (SSSR count). The molecule has 2 aromatic carbocycles. The van der Waals surface area contributed by atoms with Crippen molar-refractivity contribution in [1.82, 2.24) is 5.32 Å². The standard InChI is InChI=1S/C18H16Cl3NO3/c1-11(13-3-5-14(19)6-4-13)22-17(23)10-25-18(24)9-12-2-7-15(20)16(21)8-12/h2-8,11H,9-10H2,1H3,(H,22,23)/t11-/m0/s1. The van der Waals surface area contributed by atoms with E-state index >= 15 is 0 Å². The van der Waals surface area contributed by atoms with Gasteiger partial charge in [-0.1, -0.05) is 53.0 Å². The second kappa shape index (κ2) is 9.09. The molecule has 0 saturated carbocycles. The first kappa shape index (κ1) is 19.6. The van der Waals surface area contributed by atoms with E-state index in [0.717, 1.165) is 5.56 Å². The third-order valence-corrected chi connectivity index (χ3v) is 4.44. The van der Waals surface area contributed by atoms with Crippen LogP contribution in [0.4, 0.5) is 0 Å². The summed E-state index contributed by atoms with van der Waals surface area (Å²) in [5.74, 6) is -0.905. The summed E-state index contributed by atoms with van der Waals surface area (Å²) in [7, 11) is 0. The van der Waals surface area contributed by atoms with E-state index in [1.165, 1.54) is 0 Å². The highest BCUT2D eigenvalue weighted by molar-refractivity contribution is 6.42. The Kier molecular flexibility index (Phi) is 7.12. The van der Waals surface area contributed by atoms with Gasteiger partial charge in [-0.2, -0.15) is 0 Å². The van der Waals surface area contributed by atoms with E-state index in [4.69, 9.17) is 39.5 Å². The second-order valence-electron chi connectivity index (χ2n) is 5.43. The molecule has 0 unspecified atom stereocenters. The summed E-state index contributed by atoms with van der Waals surface area (Å²) in [6.45, 7) is 1.48. The highest BCUT2D eigenvalue weighted by Gasteiger charge is 2.13. The Labute approximate surface area is 161 Å². The van der Waals surface area contributed by atoms with Gasteiger partial charge in [-0.15, -0.1) is 0 Å². The van der Waals surface area contributed by atoms with Crippen LogP contribution in [-0.4, -0.2) is 18.5 Å². The average Bonchev–Trinajstić information content (AvgIpc) is 2.57. The largest absolute Gasteiger partial charge is 0.455 e. The molecule has 0 bridgehead atoms. The molecule has 1 atom stereocenters. The molecular weight excluding hydrogens is 385 g/mol. The number of halogens is 3. The van der Waals surface area contributed by atoms with E-state index in [1.807, 2.05) is 19.1 Å². The molecule has 132 valence electrons. The molecule has 0 radical (unpaired) electrons. The van der Waals surface area contributed by atoms with Crippen LogP contribution in [0, 0.1) is 0 Å². The molecule has 0 aromatic heterocycles. The Balaban J connectivity index is 1.79. The van der Waals surface area contributed by atoms with Gasteiger partial charge in [0.1, 0.15) is 0 Å². The Morgan fingerprint density at radius 3 is 2.36 bits per heavy atom. The molecule has 2 aromatic rings. The molecule has 0 spiro atoms. The quantitative estimate of drug-likeness (QED) is 0.720. The number of hydrogen-bond acceptors (Lipinski definition) is 3. The fourth-order valence-electron chi connectivity index (χ4n) is 2.13. The van der Waals surface area contributed by atoms with Gasteiger partial charge in [-0.25, -0.2) is 0 Å². The monoisotopic (exact) mass is 399 g/mol. The van der Waals surface area contributed by atoms with Crippen molar-refractivity contribution in [3.63, 3.8) is 0 Å². The summed E-state index contributed by atoms with van der Waals surface area (Å²) < 4.78 is 4.99. The van der Waals surface area contributed by atoms with E-state index in [9.17, 15) is 9.59 Å². The van der Waals surface area contributed by atoms with E-state index in [0.29, 0.717) is 20.6 Å². The molecule has 0 fully saturated rings. The van der Waals surface area contributed by atoms with Gasteiger partial charge in [0.25, 0.3) is 5.91 Å². The summed E-state index contributed by atoms with van der Waals surface area (Å²) in [5.41, 5.74) is 1.56. The summed E-state index contributed by atoms with van der Waals surface area (Å²) in [6, 6.07) is 11.8. The average molecular weight is 401 g/mol. The fourth-order valence-corrected chi connectivity index (χ4v) is 2.58. The zero-order valence-electron chi connectivity index (χ0n) is 13.4. The Bertz CT molecular complexity index is 763. The molecule has 0 heterocycles. The number of nitrogens with one attached hydrogen (secondary N) is 1. The first-order chi connectivity index (χ1) is 11.8. The van der Waals surface area contributed by atoms with Gasteiger partial charge < -0.3 is 10.1 Å². The van der Waals surface area contributed by atoms with Crippen molar-refractivity contribution in [1.29, 1.82) is 0 Å². The topological polar surface area (TPSA) is 55.4 Å². The van der Waals surface area contributed by atoms with Crippen molar-refractivity contribution >= 4 is 46.7 Å². The number of carbonyl (C=O) groups excluding carboxylic acids is 2. The molecule has 25 heavy (non-hydrogen) atoms. The van der Waals surface area contributed by atoms with Gasteiger partial charge in [-0.3, -0.25) is 9.59 Å². The van der Waals surface area contributed by atoms with Crippen molar-refractivity contribution in [2.45, 2.75) is 19.4 Å². The lowest BCUT2D eigenvalue weighted by Gasteiger charge is -2.14. The van der Waals surface area contributed by atoms with Crippen LogP contribution in [0.25, 0.3) is 0 Å². The second-order valence-corrected chi connectivity index (χ2v) is 6.68. The molecule has 0 aliphatic rings. The van der Waals surface area contributed by atoms with Crippen LogP contribution in [0.1, 0.15) is 24.1 Å². The molecule has 0 saturated heterocycles. The number of amides is 1. The van der Waals surface area contributed by atoms with Crippen LogP contribution in [0.3, 0.4) is 0 Å². The molecule has 4 nitrogen and oxygen atoms in total. The van der Waals surface area contributed by atoms with E-state index in [1.54, 1.807) is 30.3 Å². The fraction of sp³-hybridized carbons (Fsp3) is 0.222. The summed E-state index contributed by atoms with van der Waals surface area (Å²) >= 11 is 17.5. The van der Waals surface area contributed by atoms with Gasteiger partial charge >= 0.3 is 5.97 Å². The Morgan fingerprint density at radius 2 is 1.72 bits per heavy atom. The van der Waals surface area contributed by atoms with Gasteiger partial charge in [0, 0.05) is 5.02 Å². The molecular formula is C18H16Cl3NO3. The van der Waals surface area contributed by atoms with Gasteiger partial charge in [0.2, 0.25) is 0 Å². The lowest BCUT2D eigenvalue weighted by molar-refractivity contribution is -0.148. The number of hydrogen-bond donors (Lipinski definition) is 1. The number of ether oxygens (including phenoxy) is 1. The van der Waals surface area contributed by atoms with E-state index in [2.05, 4.69) is 5.32 Å². The molecule has 1 N–H and O–H groups in total. The zero-order valence-corrected chi connectivity index (χ0v) is 15.7. The van der Waals surface area contributed by atoms with Crippen LogP contribution in [0.5, 0.6) is 0 Å². The minimum Gasteiger partial charge on any atom is -0.455 e. The van der Waals surface area contributed by atoms with Gasteiger partial charge in [-0.05, 0) is 42.3 Å². The van der Waals surface area contributed by atoms with Crippen LogP contribution < -0.4 is 5.32 Å². The molecule has 1 amide bonds. The molecule has 0 aliphatic heterocycles. The zero-order chi connectivity index (χ0) is 18.4. The van der Waals surface area contributed by atoms with Gasteiger partial charge in [0.15, 0.2) is 6.61 Å². The van der Waals surface area contributed by atoms with Crippen LogP contribution in [-0.2, 0) is 20.7 Å². The summed E-state index contributed by atoms with van der Waals surface area (Å²) in [4.78, 5) is 23.7. The van der Waals surface area contributed by atoms with E-state index < -0.39 is 5.97 Å². The van der Waals surface area contributed by atoms with Crippen LogP contribution in [0.2, 0.25) is 15.1 Å². The smallest absolute Gasteiger partial charge is 0.310 e. The lowest BCUT2D eigenvalue weighted by Crippen LogP contribution is -2.31. The first-order valence-corrected chi connectivity index (χ1v) is 8.63. The van der Waals surface area contributed by atoms with Crippen molar-refractivity contribution < 1.29 is 14.3 Å². The SMILES string of the molecule is C[C@H](NC(=O)COC(=O)Cc1ccc(Cl)c(Cl)c1)c1ccc(Cl)cc1. The lowest BCUT2D eigenvalue weighted by atomic mass is 10.1. The molecule has 7 heteroatoms. The predicted octanol–water partition coefficient (Wildman–Crippen LogP) is 4.61. The normalized spacial score (nSPS) is 11.7. The highest BCUT2D eigenvalue weighted by Crippen LogP contribution is 2.23. The van der Waals surface area contributed by atoms with Crippen molar-refractivity contribution in [3.05, 3.63) is 68.7 Å². The van der Waals surface area contributed by atoms with E-state index in [-0.39, 0.29) is 25.0 Å². The third kappa shape index (κ3) is 6.24. The van der Waals surface area contributed by atoms with Crippen molar-refractivity contribution in [2.24, 2.45) is 0 Å². The highest BCUT2D eigenvalue weighted by atomic mass is 35.5. The predicted molar refractivity (Wildman–Crippen MR) is 99.1 cm³/mol. The minimum atomic E-state index is -0.521. The summed E-state index contributed by atoms with van der Waals surface area (Å²) in [6.07, 6.45) is 0.0108. The maximum absolute atomic E-state index is 11.9. The van der Waals surface area contributed by atoms with Gasteiger partial charge in [0.05, 0.1) is 22.5 Å². The van der Waals surface area contributed by atoms with Crippen molar-refractivity contribution in [3.8, 4) is 0 Å². The summed E-state index contributed by atoms with van der Waals surface area (Å²) in [5, 5.41) is 4.15. The number of rotatable bonds is 6. The maximum atomic E-state index is 11.9.